The molecule has 0 amide bonds. The molecule has 1 atom stereocenters. The molecule has 0 saturated heterocycles. The van der Waals surface area contributed by atoms with E-state index in [0.717, 1.165) is 57.3 Å². The number of carbonyl (C=O) groups is 1. The molecule has 0 spiro atoms. The second-order valence-corrected chi connectivity index (χ2v) is 9.31. The molecule has 36 heavy (non-hydrogen) atoms. The number of nitrogens with one attached hydrogen (secondary N) is 3. The second kappa shape index (κ2) is 11.3. The summed E-state index contributed by atoms with van der Waals surface area (Å²) in [6.45, 7) is 6.57. The summed E-state index contributed by atoms with van der Waals surface area (Å²) >= 11 is 6.19. The molecule has 1 unspecified atom stereocenters. The van der Waals surface area contributed by atoms with Crippen LogP contribution in [0.4, 0.5) is 11.5 Å². The van der Waals surface area contributed by atoms with Gasteiger partial charge in [0.2, 0.25) is 0 Å². The average Bonchev–Trinajstić information content (AvgIpc) is 3.33. The Kier molecular flexibility index (Phi) is 7.90. The Labute approximate surface area is 216 Å². The standard InChI is InChI=1S/C28H30ClN5O2/c1-4-20-14-22(29)12-18(3)26(20)34-24(28(35)36)13-19-5-7-21(8-6-19)27-32-16-23(33-27)15-31-25-11-17(2)9-10-30-25/h5-12,14,16,24,34H,4,13,15H2,1-3H3,(H,30,31)(H,32,33)(H,35,36). The number of aromatic amines is 1. The SMILES string of the molecule is CCc1cc(Cl)cc(C)c1NC(Cc1ccc(-c2ncc(CNc3cc(C)ccn3)[nH]2)cc1)C(=O)O. The number of carboxylic acids is 1. The number of aromatic nitrogens is 3. The highest BCUT2D eigenvalue weighted by molar-refractivity contribution is 6.30. The highest BCUT2D eigenvalue weighted by atomic mass is 35.5. The zero-order chi connectivity index (χ0) is 25.7. The van der Waals surface area contributed by atoms with Gasteiger partial charge in [-0.2, -0.15) is 0 Å². The highest BCUT2D eigenvalue weighted by Crippen LogP contribution is 2.27. The summed E-state index contributed by atoms with van der Waals surface area (Å²) in [6, 6.07) is 14.7. The monoisotopic (exact) mass is 503 g/mol. The predicted molar refractivity (Wildman–Crippen MR) is 145 cm³/mol. The molecular formula is C28H30ClN5O2. The number of hydrogen-bond acceptors (Lipinski definition) is 5. The lowest BCUT2D eigenvalue weighted by Gasteiger charge is -2.20. The predicted octanol–water partition coefficient (Wildman–Crippen LogP) is 6.02. The Morgan fingerprint density at radius 3 is 2.58 bits per heavy atom. The fourth-order valence-electron chi connectivity index (χ4n) is 4.12. The summed E-state index contributed by atoms with van der Waals surface area (Å²) in [5, 5.41) is 17.1. The minimum Gasteiger partial charge on any atom is -0.480 e. The van der Waals surface area contributed by atoms with Gasteiger partial charge in [0.25, 0.3) is 0 Å². The Bertz CT molecular complexity index is 1350. The van der Waals surface area contributed by atoms with Crippen LogP contribution in [0, 0.1) is 13.8 Å². The van der Waals surface area contributed by atoms with Crippen LogP contribution < -0.4 is 10.6 Å². The van der Waals surface area contributed by atoms with Crippen molar-refractivity contribution in [3.05, 3.63) is 93.9 Å². The number of hydrogen-bond donors (Lipinski definition) is 4. The van der Waals surface area contributed by atoms with Crippen molar-refractivity contribution < 1.29 is 9.90 Å². The van der Waals surface area contributed by atoms with Crippen molar-refractivity contribution in [2.45, 2.75) is 46.2 Å². The summed E-state index contributed by atoms with van der Waals surface area (Å²) in [7, 11) is 0. The summed E-state index contributed by atoms with van der Waals surface area (Å²) in [4.78, 5) is 24.2. The van der Waals surface area contributed by atoms with Crippen LogP contribution in [0.15, 0.2) is 60.9 Å². The fraction of sp³-hybridized carbons (Fsp3) is 0.250. The minimum absolute atomic E-state index is 0.345. The van der Waals surface area contributed by atoms with E-state index in [4.69, 9.17) is 11.6 Å². The lowest BCUT2D eigenvalue weighted by atomic mass is 10.0. The second-order valence-electron chi connectivity index (χ2n) is 8.88. The van der Waals surface area contributed by atoms with Gasteiger partial charge in [-0.3, -0.25) is 0 Å². The number of carboxylic acid groups (broad SMARTS) is 1. The summed E-state index contributed by atoms with van der Waals surface area (Å²) in [5.41, 5.74) is 6.71. The number of H-pyrrole nitrogens is 1. The molecule has 0 aliphatic carbocycles. The Morgan fingerprint density at radius 1 is 1.11 bits per heavy atom. The van der Waals surface area contributed by atoms with Crippen molar-refractivity contribution in [1.82, 2.24) is 15.0 Å². The molecule has 2 aromatic carbocycles. The number of nitrogens with zero attached hydrogens (tertiary/aromatic N) is 2. The molecule has 4 rings (SSSR count). The van der Waals surface area contributed by atoms with Gasteiger partial charge in [-0.25, -0.2) is 14.8 Å². The Morgan fingerprint density at radius 2 is 1.89 bits per heavy atom. The number of halogens is 1. The third-order valence-electron chi connectivity index (χ3n) is 6.05. The van der Waals surface area contributed by atoms with Crippen LogP contribution in [0.3, 0.4) is 0 Å². The number of benzene rings is 2. The molecule has 7 nitrogen and oxygen atoms in total. The molecule has 2 heterocycles. The smallest absolute Gasteiger partial charge is 0.326 e. The van der Waals surface area contributed by atoms with E-state index in [1.54, 1.807) is 12.4 Å². The number of imidazole rings is 1. The van der Waals surface area contributed by atoms with Gasteiger partial charge in [0.15, 0.2) is 0 Å². The maximum absolute atomic E-state index is 12.0. The number of pyridine rings is 1. The highest BCUT2D eigenvalue weighted by Gasteiger charge is 2.20. The van der Waals surface area contributed by atoms with Crippen molar-refractivity contribution in [2.24, 2.45) is 0 Å². The summed E-state index contributed by atoms with van der Waals surface area (Å²) < 4.78 is 0. The maximum Gasteiger partial charge on any atom is 0.326 e. The van der Waals surface area contributed by atoms with Crippen LogP contribution in [-0.2, 0) is 24.2 Å². The zero-order valence-electron chi connectivity index (χ0n) is 20.6. The topological polar surface area (TPSA) is 103 Å². The minimum atomic E-state index is -0.901. The first-order valence-corrected chi connectivity index (χ1v) is 12.3. The van der Waals surface area contributed by atoms with Gasteiger partial charge in [-0.15, -0.1) is 0 Å². The van der Waals surface area contributed by atoms with E-state index in [0.29, 0.717) is 18.0 Å². The average molecular weight is 504 g/mol. The van der Waals surface area contributed by atoms with Crippen LogP contribution >= 0.6 is 11.6 Å². The molecule has 0 bridgehead atoms. The molecular weight excluding hydrogens is 474 g/mol. The van der Waals surface area contributed by atoms with E-state index in [1.807, 2.05) is 69.3 Å². The fourth-order valence-corrected chi connectivity index (χ4v) is 4.42. The molecule has 0 radical (unpaired) electrons. The van der Waals surface area contributed by atoms with Crippen molar-refractivity contribution in [3.8, 4) is 11.4 Å². The number of anilines is 2. The van der Waals surface area contributed by atoms with Crippen LogP contribution in [0.25, 0.3) is 11.4 Å². The zero-order valence-corrected chi connectivity index (χ0v) is 21.4. The van der Waals surface area contributed by atoms with E-state index in [-0.39, 0.29) is 0 Å². The van der Waals surface area contributed by atoms with Gasteiger partial charge < -0.3 is 20.7 Å². The van der Waals surface area contributed by atoms with Crippen LogP contribution in [-0.4, -0.2) is 32.1 Å². The van der Waals surface area contributed by atoms with E-state index < -0.39 is 12.0 Å². The molecule has 8 heteroatoms. The number of rotatable bonds is 10. The van der Waals surface area contributed by atoms with Gasteiger partial charge in [-0.05, 0) is 66.8 Å². The molecule has 4 aromatic rings. The lowest BCUT2D eigenvalue weighted by Crippen LogP contribution is -2.32. The quantitative estimate of drug-likeness (QED) is 0.211. The molecule has 0 saturated carbocycles. The van der Waals surface area contributed by atoms with Crippen LogP contribution in [0.2, 0.25) is 5.02 Å². The van der Waals surface area contributed by atoms with Crippen molar-refractivity contribution in [3.63, 3.8) is 0 Å². The lowest BCUT2D eigenvalue weighted by molar-refractivity contribution is -0.137. The Balaban J connectivity index is 1.42. The van der Waals surface area contributed by atoms with E-state index in [2.05, 4.69) is 25.6 Å². The largest absolute Gasteiger partial charge is 0.480 e. The molecule has 0 aliphatic rings. The maximum atomic E-state index is 12.0. The van der Waals surface area contributed by atoms with Crippen molar-refractivity contribution in [1.29, 1.82) is 0 Å². The molecule has 4 N–H and O–H groups in total. The first-order valence-electron chi connectivity index (χ1n) is 11.9. The van der Waals surface area contributed by atoms with Gasteiger partial charge >= 0.3 is 5.97 Å². The molecule has 186 valence electrons. The summed E-state index contributed by atoms with van der Waals surface area (Å²) in [6.07, 6.45) is 4.68. The van der Waals surface area contributed by atoms with Gasteiger partial charge in [0, 0.05) is 28.9 Å². The third kappa shape index (κ3) is 6.23. The van der Waals surface area contributed by atoms with Gasteiger partial charge in [-0.1, -0.05) is 42.8 Å². The number of aliphatic carboxylic acids is 1. The molecule has 2 aromatic heterocycles. The normalized spacial score (nSPS) is 11.8. The first kappa shape index (κ1) is 25.3. The van der Waals surface area contributed by atoms with E-state index in [1.165, 1.54) is 0 Å². The van der Waals surface area contributed by atoms with E-state index in [9.17, 15) is 9.90 Å². The first-order chi connectivity index (χ1) is 17.3. The third-order valence-corrected chi connectivity index (χ3v) is 6.27. The van der Waals surface area contributed by atoms with Gasteiger partial charge in [0.1, 0.15) is 17.7 Å². The van der Waals surface area contributed by atoms with Crippen LogP contribution in [0.1, 0.15) is 34.9 Å². The van der Waals surface area contributed by atoms with Crippen molar-refractivity contribution >= 4 is 29.1 Å². The van der Waals surface area contributed by atoms with Crippen LogP contribution in [0.5, 0.6) is 0 Å². The van der Waals surface area contributed by atoms with Crippen molar-refractivity contribution in [2.75, 3.05) is 10.6 Å². The molecule has 0 fully saturated rings. The number of aryl methyl sites for hydroxylation is 3. The molecule has 0 aliphatic heterocycles. The Hall–Kier alpha value is -3.84. The van der Waals surface area contributed by atoms with E-state index >= 15 is 0 Å². The summed E-state index contributed by atoms with van der Waals surface area (Å²) in [5.74, 6) is 0.673. The van der Waals surface area contributed by atoms with Gasteiger partial charge in [0.05, 0.1) is 18.4 Å².